The van der Waals surface area contributed by atoms with E-state index in [0.717, 1.165) is 16.9 Å². The number of halogens is 3. The molecule has 2 N–H and O–H groups in total. The van der Waals surface area contributed by atoms with Crippen LogP contribution in [0.1, 0.15) is 27.6 Å². The zero-order valence-corrected chi connectivity index (χ0v) is 11.8. The summed E-state index contributed by atoms with van der Waals surface area (Å²) in [5.41, 5.74) is -1.10. The summed E-state index contributed by atoms with van der Waals surface area (Å²) in [6.45, 7) is 0.985. The van der Waals surface area contributed by atoms with Gasteiger partial charge < -0.3 is 14.8 Å². The average molecular weight is 331 g/mol. The highest BCUT2D eigenvalue weighted by atomic mass is 19.4. The lowest BCUT2D eigenvalue weighted by atomic mass is 10.2. The molecule has 0 aliphatic carbocycles. The summed E-state index contributed by atoms with van der Waals surface area (Å²) in [5, 5.41) is 14.5. The zero-order chi connectivity index (χ0) is 17.2. The molecule has 0 radical (unpaired) electrons. The lowest BCUT2D eigenvalue weighted by Crippen LogP contribution is -2.27. The average Bonchev–Trinajstić information content (AvgIpc) is 3.02. The topological polar surface area (TPSA) is 97.4 Å². The molecule has 0 saturated carbocycles. The van der Waals surface area contributed by atoms with Crippen LogP contribution in [0.2, 0.25) is 0 Å². The van der Waals surface area contributed by atoms with E-state index in [0.29, 0.717) is 0 Å². The normalized spacial score (nSPS) is 11.5. The monoisotopic (exact) mass is 331 g/mol. The van der Waals surface area contributed by atoms with Crippen molar-refractivity contribution in [2.45, 2.75) is 26.2 Å². The number of alkyl halides is 3. The standard InChI is InChI=1S/C13H12F3N3O4/c1-7-9(12(21)22)4-8(23-7)5-17-11(20)6-19-3-2-10(18-19)13(14,15)16/h2-4H,5-6H2,1H3,(H,17,20)(H,21,22). The van der Waals surface area contributed by atoms with Crippen molar-refractivity contribution in [3.8, 4) is 0 Å². The van der Waals surface area contributed by atoms with Crippen LogP contribution in [0.5, 0.6) is 0 Å². The molecule has 124 valence electrons. The molecule has 0 fully saturated rings. The third-order valence-corrected chi connectivity index (χ3v) is 2.90. The predicted molar refractivity (Wildman–Crippen MR) is 69.5 cm³/mol. The van der Waals surface area contributed by atoms with E-state index < -0.39 is 30.3 Å². The maximum atomic E-state index is 12.4. The Bertz CT molecular complexity index is 733. The summed E-state index contributed by atoms with van der Waals surface area (Å²) < 4.78 is 43.1. The largest absolute Gasteiger partial charge is 0.478 e. The minimum Gasteiger partial charge on any atom is -0.478 e. The summed E-state index contributed by atoms with van der Waals surface area (Å²) in [7, 11) is 0. The van der Waals surface area contributed by atoms with Gasteiger partial charge in [-0.1, -0.05) is 0 Å². The molecular weight excluding hydrogens is 319 g/mol. The van der Waals surface area contributed by atoms with Crippen LogP contribution in [-0.4, -0.2) is 26.8 Å². The second-order valence-electron chi connectivity index (χ2n) is 4.66. The smallest absolute Gasteiger partial charge is 0.435 e. The molecule has 2 rings (SSSR count). The Balaban J connectivity index is 1.91. The van der Waals surface area contributed by atoms with Gasteiger partial charge in [0, 0.05) is 6.20 Å². The van der Waals surface area contributed by atoms with Crippen LogP contribution >= 0.6 is 0 Å². The number of aromatic nitrogens is 2. The highest BCUT2D eigenvalue weighted by Crippen LogP contribution is 2.27. The van der Waals surface area contributed by atoms with E-state index in [-0.39, 0.29) is 23.6 Å². The molecule has 0 aromatic carbocycles. The lowest BCUT2D eigenvalue weighted by molar-refractivity contribution is -0.141. The number of nitrogens with one attached hydrogen (secondary N) is 1. The molecule has 0 bridgehead atoms. The van der Waals surface area contributed by atoms with Gasteiger partial charge in [0.2, 0.25) is 5.91 Å². The SMILES string of the molecule is Cc1oc(CNC(=O)Cn2ccc(C(F)(F)F)n2)cc1C(=O)O. The number of carboxylic acids is 1. The first kappa shape index (κ1) is 16.6. The van der Waals surface area contributed by atoms with Crippen LogP contribution in [0.4, 0.5) is 13.2 Å². The van der Waals surface area contributed by atoms with Gasteiger partial charge in [-0.3, -0.25) is 9.48 Å². The van der Waals surface area contributed by atoms with E-state index in [1.165, 1.54) is 13.0 Å². The molecule has 0 aliphatic heterocycles. The molecule has 7 nitrogen and oxygen atoms in total. The third-order valence-electron chi connectivity index (χ3n) is 2.90. The van der Waals surface area contributed by atoms with Gasteiger partial charge in [0.25, 0.3) is 0 Å². The molecule has 2 aromatic heterocycles. The van der Waals surface area contributed by atoms with Gasteiger partial charge in [-0.15, -0.1) is 0 Å². The summed E-state index contributed by atoms with van der Waals surface area (Å²) >= 11 is 0. The van der Waals surface area contributed by atoms with E-state index in [1.807, 2.05) is 0 Å². The number of carbonyl (C=O) groups excluding carboxylic acids is 1. The molecule has 0 aliphatic rings. The summed E-state index contributed by atoms with van der Waals surface area (Å²) in [6, 6.07) is 2.04. The van der Waals surface area contributed by atoms with Crippen molar-refractivity contribution in [3.05, 3.63) is 41.1 Å². The van der Waals surface area contributed by atoms with Gasteiger partial charge in [0.05, 0.1) is 6.54 Å². The van der Waals surface area contributed by atoms with Crippen molar-refractivity contribution < 1.29 is 32.3 Å². The second kappa shape index (κ2) is 6.15. The number of aromatic carboxylic acids is 1. The molecule has 0 spiro atoms. The number of carbonyl (C=O) groups is 2. The summed E-state index contributed by atoms with van der Waals surface area (Å²) in [6.07, 6.45) is -3.53. The zero-order valence-electron chi connectivity index (χ0n) is 11.8. The van der Waals surface area contributed by atoms with Crippen molar-refractivity contribution in [2.75, 3.05) is 0 Å². The lowest BCUT2D eigenvalue weighted by Gasteiger charge is -2.04. The fourth-order valence-electron chi connectivity index (χ4n) is 1.83. The van der Waals surface area contributed by atoms with Gasteiger partial charge in [-0.25, -0.2) is 4.79 Å². The van der Waals surface area contributed by atoms with Crippen LogP contribution in [0.25, 0.3) is 0 Å². The van der Waals surface area contributed by atoms with Crippen LogP contribution in [-0.2, 0) is 24.1 Å². The Morgan fingerprint density at radius 2 is 2.13 bits per heavy atom. The Kier molecular flexibility index (Phi) is 4.43. The highest BCUT2D eigenvalue weighted by molar-refractivity contribution is 5.88. The van der Waals surface area contributed by atoms with Crippen LogP contribution in [0, 0.1) is 6.92 Å². The molecular formula is C13H12F3N3O4. The van der Waals surface area contributed by atoms with Gasteiger partial charge >= 0.3 is 12.1 Å². The maximum absolute atomic E-state index is 12.4. The summed E-state index contributed by atoms with van der Waals surface area (Å²) in [5.74, 6) is -1.32. The number of aryl methyl sites for hydroxylation is 1. The minimum absolute atomic E-state index is 0.0175. The van der Waals surface area contributed by atoms with Gasteiger partial charge in [0.15, 0.2) is 5.69 Å². The molecule has 2 aromatic rings. The Hall–Kier alpha value is -2.78. The predicted octanol–water partition coefficient (Wildman–Crippen LogP) is 1.82. The molecule has 0 unspecified atom stereocenters. The van der Waals surface area contributed by atoms with E-state index in [4.69, 9.17) is 9.52 Å². The number of hydrogen-bond donors (Lipinski definition) is 2. The Labute approximate surface area is 127 Å². The Morgan fingerprint density at radius 1 is 1.43 bits per heavy atom. The molecule has 10 heteroatoms. The number of hydrogen-bond acceptors (Lipinski definition) is 4. The molecule has 23 heavy (non-hydrogen) atoms. The second-order valence-corrected chi connectivity index (χ2v) is 4.66. The van der Waals surface area contributed by atoms with Crippen molar-refractivity contribution in [1.29, 1.82) is 0 Å². The van der Waals surface area contributed by atoms with Crippen molar-refractivity contribution in [2.24, 2.45) is 0 Å². The van der Waals surface area contributed by atoms with Crippen molar-refractivity contribution in [3.63, 3.8) is 0 Å². The minimum atomic E-state index is -4.57. The van der Waals surface area contributed by atoms with E-state index in [1.54, 1.807) is 0 Å². The quantitative estimate of drug-likeness (QED) is 0.871. The Morgan fingerprint density at radius 3 is 2.65 bits per heavy atom. The molecule has 0 atom stereocenters. The first-order chi connectivity index (χ1) is 10.7. The highest BCUT2D eigenvalue weighted by Gasteiger charge is 2.33. The van der Waals surface area contributed by atoms with Crippen LogP contribution in [0.3, 0.4) is 0 Å². The van der Waals surface area contributed by atoms with E-state index >= 15 is 0 Å². The molecule has 2 heterocycles. The first-order valence-corrected chi connectivity index (χ1v) is 6.37. The number of carboxylic acid groups (broad SMARTS) is 1. The fourth-order valence-corrected chi connectivity index (χ4v) is 1.83. The van der Waals surface area contributed by atoms with Crippen molar-refractivity contribution in [1.82, 2.24) is 15.1 Å². The first-order valence-electron chi connectivity index (χ1n) is 6.37. The number of amides is 1. The fraction of sp³-hybridized carbons (Fsp3) is 0.308. The molecule has 1 amide bonds. The third kappa shape index (κ3) is 4.11. The van der Waals surface area contributed by atoms with Crippen molar-refractivity contribution >= 4 is 11.9 Å². The van der Waals surface area contributed by atoms with Gasteiger partial charge in [0.1, 0.15) is 23.6 Å². The van der Waals surface area contributed by atoms with E-state index in [9.17, 15) is 22.8 Å². The number of nitrogens with zero attached hydrogens (tertiary/aromatic N) is 2. The van der Waals surface area contributed by atoms with Crippen LogP contribution in [0.15, 0.2) is 22.7 Å². The van der Waals surface area contributed by atoms with Gasteiger partial charge in [-0.2, -0.15) is 18.3 Å². The molecule has 0 saturated heterocycles. The van der Waals surface area contributed by atoms with Gasteiger partial charge in [-0.05, 0) is 19.1 Å². The maximum Gasteiger partial charge on any atom is 0.435 e. The number of rotatable bonds is 5. The van der Waals surface area contributed by atoms with E-state index in [2.05, 4.69) is 10.4 Å². The summed E-state index contributed by atoms with van der Waals surface area (Å²) in [4.78, 5) is 22.5. The van der Waals surface area contributed by atoms with Crippen LogP contribution < -0.4 is 5.32 Å². The number of furan rings is 1.